The molecule has 5 heteroatoms. The molecule has 0 aliphatic rings. The van der Waals surface area contributed by atoms with Crippen LogP contribution in [-0.4, -0.2) is 51.2 Å². The van der Waals surface area contributed by atoms with Crippen molar-refractivity contribution >= 4 is 0 Å². The summed E-state index contributed by atoms with van der Waals surface area (Å²) in [6, 6.07) is 16.6. The number of aliphatic hydroxyl groups excluding tert-OH is 2. The number of rotatable bonds is 8. The molecule has 142 valence electrons. The van der Waals surface area contributed by atoms with Crippen LogP contribution in [0.4, 0.5) is 0 Å². The number of hydrogen-bond acceptors (Lipinski definition) is 4. The van der Waals surface area contributed by atoms with Gasteiger partial charge in [0.2, 0.25) is 0 Å². The lowest BCUT2D eigenvalue weighted by Crippen LogP contribution is -2.29. The summed E-state index contributed by atoms with van der Waals surface area (Å²) in [6.45, 7) is 5.92. The monoisotopic (exact) mass is 365 g/mol. The van der Waals surface area contributed by atoms with Crippen LogP contribution in [0.2, 0.25) is 0 Å². The van der Waals surface area contributed by atoms with Crippen LogP contribution in [0.5, 0.6) is 0 Å². The van der Waals surface area contributed by atoms with Crippen molar-refractivity contribution < 1.29 is 10.2 Å². The first-order valence-corrected chi connectivity index (χ1v) is 9.27. The van der Waals surface area contributed by atoms with E-state index in [0.29, 0.717) is 19.6 Å². The van der Waals surface area contributed by atoms with Gasteiger partial charge in [0.25, 0.3) is 0 Å². The van der Waals surface area contributed by atoms with Crippen molar-refractivity contribution in [3.05, 3.63) is 71.4 Å². The maximum atomic E-state index is 9.33. The Balaban J connectivity index is 2.02. The van der Waals surface area contributed by atoms with E-state index in [2.05, 4.69) is 56.3 Å². The lowest BCUT2D eigenvalue weighted by atomic mass is 10.1. The van der Waals surface area contributed by atoms with Crippen molar-refractivity contribution in [1.29, 1.82) is 0 Å². The second-order valence-corrected chi connectivity index (χ2v) is 6.88. The molecule has 3 aromatic rings. The second-order valence-electron chi connectivity index (χ2n) is 6.88. The molecule has 0 spiro atoms. The molecule has 0 amide bonds. The van der Waals surface area contributed by atoms with Crippen LogP contribution >= 0.6 is 0 Å². The summed E-state index contributed by atoms with van der Waals surface area (Å²) in [7, 11) is 0. The maximum absolute atomic E-state index is 9.33. The smallest absolute Gasteiger partial charge is 0.0972 e. The maximum Gasteiger partial charge on any atom is 0.0972 e. The molecule has 5 nitrogen and oxygen atoms in total. The van der Waals surface area contributed by atoms with E-state index in [1.54, 1.807) is 0 Å². The Morgan fingerprint density at radius 3 is 2.26 bits per heavy atom. The average molecular weight is 365 g/mol. The van der Waals surface area contributed by atoms with Gasteiger partial charge in [-0.15, -0.1) is 0 Å². The molecule has 1 heterocycles. The summed E-state index contributed by atoms with van der Waals surface area (Å²) in [6.07, 6.45) is 2.05. The van der Waals surface area contributed by atoms with Crippen LogP contribution in [-0.2, 0) is 6.54 Å². The quantitative estimate of drug-likeness (QED) is 0.644. The molecule has 0 aliphatic heterocycles. The number of benzene rings is 2. The van der Waals surface area contributed by atoms with E-state index in [4.69, 9.17) is 5.10 Å². The fraction of sp³-hybridized carbons (Fsp3) is 0.318. The van der Waals surface area contributed by atoms with E-state index in [0.717, 1.165) is 22.5 Å². The summed E-state index contributed by atoms with van der Waals surface area (Å²) < 4.78 is 1.91. The molecule has 0 fully saturated rings. The summed E-state index contributed by atoms with van der Waals surface area (Å²) in [5.41, 5.74) is 6.48. The van der Waals surface area contributed by atoms with Gasteiger partial charge in [0.05, 0.1) is 24.6 Å². The molecular weight excluding hydrogens is 338 g/mol. The van der Waals surface area contributed by atoms with Crippen molar-refractivity contribution in [3.63, 3.8) is 0 Å². The minimum absolute atomic E-state index is 0.0614. The highest BCUT2D eigenvalue weighted by Crippen LogP contribution is 2.26. The Kier molecular flexibility index (Phi) is 6.40. The van der Waals surface area contributed by atoms with Gasteiger partial charge in [-0.2, -0.15) is 5.10 Å². The zero-order valence-corrected chi connectivity index (χ0v) is 16.0. The van der Waals surface area contributed by atoms with E-state index in [1.165, 1.54) is 11.1 Å². The van der Waals surface area contributed by atoms with Crippen LogP contribution in [0.25, 0.3) is 16.9 Å². The highest BCUT2D eigenvalue weighted by Gasteiger charge is 2.15. The Morgan fingerprint density at radius 2 is 1.63 bits per heavy atom. The van der Waals surface area contributed by atoms with Crippen molar-refractivity contribution in [1.82, 2.24) is 14.7 Å². The first-order valence-electron chi connectivity index (χ1n) is 9.27. The van der Waals surface area contributed by atoms with Crippen LogP contribution in [0.3, 0.4) is 0 Å². The van der Waals surface area contributed by atoms with E-state index >= 15 is 0 Å². The van der Waals surface area contributed by atoms with Crippen molar-refractivity contribution in [3.8, 4) is 16.9 Å². The summed E-state index contributed by atoms with van der Waals surface area (Å²) in [4.78, 5) is 2.04. The lowest BCUT2D eigenvalue weighted by Gasteiger charge is -2.19. The third-order valence-electron chi connectivity index (χ3n) is 4.61. The molecule has 0 atom stereocenters. The number of aliphatic hydroxyl groups is 2. The molecule has 3 rings (SSSR count). The third-order valence-corrected chi connectivity index (χ3v) is 4.61. The molecule has 0 bridgehead atoms. The molecule has 0 saturated carbocycles. The standard InChI is InChI=1S/C22H27N3O2/c1-17-6-8-21(9-7-17)25-16-20(15-24(10-12-26)11-13-27)22(23-25)19-5-3-4-18(2)14-19/h3-9,14,16,26-27H,10-13,15H2,1-2H3. The first kappa shape index (κ1) is 19.3. The fourth-order valence-corrected chi connectivity index (χ4v) is 3.18. The van der Waals surface area contributed by atoms with E-state index in [9.17, 15) is 10.2 Å². The van der Waals surface area contributed by atoms with Crippen LogP contribution in [0, 0.1) is 13.8 Å². The van der Waals surface area contributed by atoms with Crippen molar-refractivity contribution in [2.24, 2.45) is 0 Å². The largest absolute Gasteiger partial charge is 0.395 e. The van der Waals surface area contributed by atoms with Gasteiger partial charge in [0.15, 0.2) is 0 Å². The van der Waals surface area contributed by atoms with Crippen molar-refractivity contribution in [2.75, 3.05) is 26.3 Å². The van der Waals surface area contributed by atoms with Gasteiger partial charge in [-0.1, -0.05) is 41.5 Å². The molecule has 2 aromatic carbocycles. The number of hydrogen-bond donors (Lipinski definition) is 2. The predicted octanol–water partition coefficient (Wildman–Crippen LogP) is 2.94. The molecule has 27 heavy (non-hydrogen) atoms. The highest BCUT2D eigenvalue weighted by molar-refractivity contribution is 5.64. The minimum Gasteiger partial charge on any atom is -0.395 e. The van der Waals surface area contributed by atoms with Gasteiger partial charge in [-0.3, -0.25) is 4.90 Å². The molecule has 1 aromatic heterocycles. The van der Waals surface area contributed by atoms with Gasteiger partial charge >= 0.3 is 0 Å². The van der Waals surface area contributed by atoms with E-state index in [1.807, 2.05) is 21.8 Å². The lowest BCUT2D eigenvalue weighted by molar-refractivity contribution is 0.156. The molecule has 2 N–H and O–H groups in total. The van der Waals surface area contributed by atoms with Crippen LogP contribution in [0.15, 0.2) is 54.7 Å². The van der Waals surface area contributed by atoms with Gasteiger partial charge in [-0.05, 0) is 32.0 Å². The van der Waals surface area contributed by atoms with Crippen LogP contribution < -0.4 is 0 Å². The Bertz CT molecular complexity index is 866. The minimum atomic E-state index is 0.0614. The zero-order chi connectivity index (χ0) is 19.2. The van der Waals surface area contributed by atoms with E-state index in [-0.39, 0.29) is 13.2 Å². The molecule has 0 aliphatic carbocycles. The average Bonchev–Trinajstić information content (AvgIpc) is 3.06. The number of aryl methyl sites for hydroxylation is 2. The van der Waals surface area contributed by atoms with Gasteiger partial charge in [0.1, 0.15) is 0 Å². The van der Waals surface area contributed by atoms with Crippen LogP contribution in [0.1, 0.15) is 16.7 Å². The molecule has 0 saturated heterocycles. The normalized spacial score (nSPS) is 11.3. The molecular formula is C22H27N3O2. The van der Waals surface area contributed by atoms with Crippen molar-refractivity contribution in [2.45, 2.75) is 20.4 Å². The third kappa shape index (κ3) is 4.83. The fourth-order valence-electron chi connectivity index (χ4n) is 3.18. The van der Waals surface area contributed by atoms with Gasteiger partial charge in [0, 0.05) is 37.0 Å². The van der Waals surface area contributed by atoms with Gasteiger partial charge in [-0.25, -0.2) is 4.68 Å². The van der Waals surface area contributed by atoms with Gasteiger partial charge < -0.3 is 10.2 Å². The highest BCUT2D eigenvalue weighted by atomic mass is 16.3. The summed E-state index contributed by atoms with van der Waals surface area (Å²) in [5, 5.41) is 23.5. The van der Waals surface area contributed by atoms with E-state index < -0.39 is 0 Å². The summed E-state index contributed by atoms with van der Waals surface area (Å²) >= 11 is 0. The molecule has 0 unspecified atom stereocenters. The topological polar surface area (TPSA) is 61.5 Å². The number of nitrogens with zero attached hydrogens (tertiary/aromatic N) is 3. The predicted molar refractivity (Wildman–Crippen MR) is 108 cm³/mol. The summed E-state index contributed by atoms with van der Waals surface area (Å²) in [5.74, 6) is 0. The Morgan fingerprint density at radius 1 is 0.926 bits per heavy atom. The molecule has 0 radical (unpaired) electrons. The second kappa shape index (κ2) is 8.95. The number of aromatic nitrogens is 2. The zero-order valence-electron chi connectivity index (χ0n) is 16.0. The Labute approximate surface area is 160 Å². The SMILES string of the molecule is Cc1ccc(-n2cc(CN(CCO)CCO)c(-c3cccc(C)c3)n2)cc1. The first-order chi connectivity index (χ1) is 13.1. The Hall–Kier alpha value is -2.47.